The van der Waals surface area contributed by atoms with E-state index in [0.29, 0.717) is 5.56 Å². The first-order valence-corrected chi connectivity index (χ1v) is 4.67. The minimum atomic E-state index is -0.461. The molecular formula is C12H12FNO2. The SMILES string of the molecule is CN(C)C(=O)c1ccc(F)cc1C#CCO. The van der Waals surface area contributed by atoms with E-state index in [1.165, 1.54) is 23.1 Å². The van der Waals surface area contributed by atoms with Crippen LogP contribution in [0.4, 0.5) is 4.39 Å². The Morgan fingerprint density at radius 3 is 2.75 bits per heavy atom. The Kier molecular flexibility index (Phi) is 4.03. The molecule has 0 atom stereocenters. The minimum Gasteiger partial charge on any atom is -0.384 e. The van der Waals surface area contributed by atoms with Gasteiger partial charge in [0, 0.05) is 19.7 Å². The maximum Gasteiger partial charge on any atom is 0.254 e. The number of carbonyl (C=O) groups excluding carboxylic acids is 1. The van der Waals surface area contributed by atoms with E-state index < -0.39 is 5.82 Å². The molecule has 16 heavy (non-hydrogen) atoms. The summed E-state index contributed by atoms with van der Waals surface area (Å²) in [6, 6.07) is 3.78. The first kappa shape index (κ1) is 12.2. The maximum absolute atomic E-state index is 13.0. The summed E-state index contributed by atoms with van der Waals surface area (Å²) in [6.45, 7) is -0.327. The van der Waals surface area contributed by atoms with Crippen molar-refractivity contribution in [2.24, 2.45) is 0 Å². The van der Waals surface area contributed by atoms with Crippen molar-refractivity contribution in [1.82, 2.24) is 4.90 Å². The lowest BCUT2D eigenvalue weighted by atomic mass is 10.1. The zero-order valence-electron chi connectivity index (χ0n) is 9.12. The summed E-state index contributed by atoms with van der Waals surface area (Å²) in [5.74, 6) is 4.24. The molecule has 0 aliphatic rings. The van der Waals surface area contributed by atoms with Gasteiger partial charge in [0.1, 0.15) is 12.4 Å². The Morgan fingerprint density at radius 2 is 2.19 bits per heavy atom. The molecule has 1 N–H and O–H groups in total. The van der Waals surface area contributed by atoms with Crippen LogP contribution in [0.3, 0.4) is 0 Å². The van der Waals surface area contributed by atoms with E-state index in [2.05, 4.69) is 11.8 Å². The fraction of sp³-hybridized carbons (Fsp3) is 0.250. The van der Waals surface area contributed by atoms with Crippen molar-refractivity contribution in [1.29, 1.82) is 0 Å². The molecule has 3 nitrogen and oxygen atoms in total. The van der Waals surface area contributed by atoms with Crippen molar-refractivity contribution in [2.75, 3.05) is 20.7 Å². The second-order valence-electron chi connectivity index (χ2n) is 3.35. The van der Waals surface area contributed by atoms with Crippen LogP contribution in [-0.4, -0.2) is 36.6 Å². The van der Waals surface area contributed by atoms with Crippen LogP contribution < -0.4 is 0 Å². The van der Waals surface area contributed by atoms with E-state index in [4.69, 9.17) is 5.11 Å². The van der Waals surface area contributed by atoms with Crippen molar-refractivity contribution in [3.8, 4) is 11.8 Å². The van der Waals surface area contributed by atoms with Gasteiger partial charge in [0.2, 0.25) is 0 Å². The molecule has 1 amide bonds. The minimum absolute atomic E-state index is 0.248. The predicted octanol–water partition coefficient (Wildman–Crippen LogP) is 0.871. The molecule has 1 aromatic rings. The predicted molar refractivity (Wildman–Crippen MR) is 58.4 cm³/mol. The van der Waals surface area contributed by atoms with Crippen LogP contribution in [0.1, 0.15) is 15.9 Å². The number of aliphatic hydroxyl groups is 1. The van der Waals surface area contributed by atoms with Crippen LogP contribution in [0.15, 0.2) is 18.2 Å². The molecule has 0 saturated heterocycles. The zero-order valence-corrected chi connectivity index (χ0v) is 9.12. The lowest BCUT2D eigenvalue weighted by Gasteiger charge is -2.11. The van der Waals surface area contributed by atoms with Crippen molar-refractivity contribution >= 4 is 5.91 Å². The molecule has 0 radical (unpaired) electrons. The maximum atomic E-state index is 13.0. The average Bonchev–Trinajstić information content (AvgIpc) is 2.25. The molecule has 0 aromatic heterocycles. The molecule has 4 heteroatoms. The number of aliphatic hydroxyl groups excluding tert-OH is 1. The summed E-state index contributed by atoms with van der Waals surface area (Å²) in [5.41, 5.74) is 0.611. The summed E-state index contributed by atoms with van der Waals surface area (Å²) < 4.78 is 13.0. The lowest BCUT2D eigenvalue weighted by molar-refractivity contribution is 0.0827. The smallest absolute Gasteiger partial charge is 0.254 e. The Bertz CT molecular complexity index is 458. The second kappa shape index (κ2) is 5.29. The molecular weight excluding hydrogens is 209 g/mol. The summed E-state index contributed by atoms with van der Waals surface area (Å²) in [7, 11) is 3.21. The van der Waals surface area contributed by atoms with E-state index in [1.54, 1.807) is 14.1 Å². The van der Waals surface area contributed by atoms with Crippen molar-refractivity contribution in [3.63, 3.8) is 0 Å². The molecule has 0 heterocycles. The first-order valence-electron chi connectivity index (χ1n) is 4.67. The van der Waals surface area contributed by atoms with Gasteiger partial charge < -0.3 is 10.0 Å². The van der Waals surface area contributed by atoms with E-state index >= 15 is 0 Å². The Morgan fingerprint density at radius 1 is 1.50 bits per heavy atom. The zero-order chi connectivity index (χ0) is 12.1. The Labute approximate surface area is 93.5 Å². The van der Waals surface area contributed by atoms with Gasteiger partial charge in [-0.25, -0.2) is 4.39 Å². The van der Waals surface area contributed by atoms with Gasteiger partial charge in [-0.15, -0.1) is 0 Å². The number of benzene rings is 1. The lowest BCUT2D eigenvalue weighted by Crippen LogP contribution is -2.22. The van der Waals surface area contributed by atoms with Gasteiger partial charge in [0.25, 0.3) is 5.91 Å². The monoisotopic (exact) mass is 221 g/mol. The largest absolute Gasteiger partial charge is 0.384 e. The fourth-order valence-electron chi connectivity index (χ4n) is 1.18. The van der Waals surface area contributed by atoms with Crippen LogP contribution >= 0.6 is 0 Å². The van der Waals surface area contributed by atoms with Crippen LogP contribution in [0, 0.1) is 17.7 Å². The number of halogens is 1. The standard InChI is InChI=1S/C12H12FNO2/c1-14(2)12(16)11-6-5-10(13)8-9(11)4-3-7-15/h5-6,8,15H,7H2,1-2H3. The Hall–Kier alpha value is -1.86. The molecule has 0 unspecified atom stereocenters. The van der Waals surface area contributed by atoms with E-state index in [9.17, 15) is 9.18 Å². The molecule has 0 fully saturated rings. The first-order chi connectivity index (χ1) is 7.56. The van der Waals surface area contributed by atoms with Crippen molar-refractivity contribution in [2.45, 2.75) is 0 Å². The fourth-order valence-corrected chi connectivity index (χ4v) is 1.18. The van der Waals surface area contributed by atoms with E-state index in [0.717, 1.165) is 0 Å². The highest BCUT2D eigenvalue weighted by molar-refractivity contribution is 5.96. The van der Waals surface area contributed by atoms with Crippen molar-refractivity contribution in [3.05, 3.63) is 35.1 Å². The summed E-state index contributed by atoms with van der Waals surface area (Å²) in [6.07, 6.45) is 0. The molecule has 1 aromatic carbocycles. The Balaban J connectivity index is 3.22. The number of carbonyl (C=O) groups is 1. The topological polar surface area (TPSA) is 40.5 Å². The summed E-state index contributed by atoms with van der Waals surface area (Å²) in [4.78, 5) is 13.1. The van der Waals surface area contributed by atoms with Gasteiger partial charge in [-0.05, 0) is 18.2 Å². The number of amides is 1. The van der Waals surface area contributed by atoms with Gasteiger partial charge in [-0.1, -0.05) is 11.8 Å². The highest BCUT2D eigenvalue weighted by atomic mass is 19.1. The van der Waals surface area contributed by atoms with Crippen LogP contribution in [0.5, 0.6) is 0 Å². The third-order valence-electron chi connectivity index (χ3n) is 1.92. The van der Waals surface area contributed by atoms with Crippen LogP contribution in [-0.2, 0) is 0 Å². The van der Waals surface area contributed by atoms with E-state index in [1.807, 2.05) is 0 Å². The molecule has 0 saturated carbocycles. The quantitative estimate of drug-likeness (QED) is 0.715. The summed E-state index contributed by atoms with van der Waals surface area (Å²) >= 11 is 0. The van der Waals surface area contributed by atoms with Gasteiger partial charge in [-0.2, -0.15) is 0 Å². The molecule has 0 spiro atoms. The highest BCUT2D eigenvalue weighted by Crippen LogP contribution is 2.12. The molecule has 1 rings (SSSR count). The molecule has 0 aliphatic heterocycles. The van der Waals surface area contributed by atoms with Crippen molar-refractivity contribution < 1.29 is 14.3 Å². The summed E-state index contributed by atoms with van der Waals surface area (Å²) in [5, 5.41) is 8.57. The second-order valence-corrected chi connectivity index (χ2v) is 3.35. The number of nitrogens with zero attached hydrogens (tertiary/aromatic N) is 1. The van der Waals surface area contributed by atoms with Gasteiger partial charge in [-0.3, -0.25) is 4.79 Å². The van der Waals surface area contributed by atoms with Gasteiger partial charge in [0.15, 0.2) is 0 Å². The number of rotatable bonds is 1. The van der Waals surface area contributed by atoms with Gasteiger partial charge >= 0.3 is 0 Å². The highest BCUT2D eigenvalue weighted by Gasteiger charge is 2.12. The molecule has 0 aliphatic carbocycles. The normalized spacial score (nSPS) is 9.25. The molecule has 84 valence electrons. The molecule has 0 bridgehead atoms. The van der Waals surface area contributed by atoms with Crippen LogP contribution in [0.2, 0.25) is 0 Å². The number of hydrogen-bond acceptors (Lipinski definition) is 2. The third kappa shape index (κ3) is 2.81. The third-order valence-corrected chi connectivity index (χ3v) is 1.92. The van der Waals surface area contributed by atoms with E-state index in [-0.39, 0.29) is 18.1 Å². The van der Waals surface area contributed by atoms with Gasteiger partial charge in [0.05, 0.1) is 5.56 Å². The average molecular weight is 221 g/mol. The van der Waals surface area contributed by atoms with Crippen LogP contribution in [0.25, 0.3) is 0 Å². The number of hydrogen-bond donors (Lipinski definition) is 1.